The summed E-state index contributed by atoms with van der Waals surface area (Å²) in [5.41, 5.74) is -0.0162. The molecule has 4 nitrogen and oxygen atoms in total. The van der Waals surface area contributed by atoms with Crippen molar-refractivity contribution in [1.29, 1.82) is 0 Å². The van der Waals surface area contributed by atoms with Gasteiger partial charge in [0, 0.05) is 0 Å². The molecule has 0 unspecified atom stereocenters. The van der Waals surface area contributed by atoms with Gasteiger partial charge in [-0.05, 0) is 12.1 Å². The smallest absolute Gasteiger partial charge is 0.319 e. The van der Waals surface area contributed by atoms with E-state index in [0.29, 0.717) is 0 Å². The average Bonchev–Trinajstić information content (AvgIpc) is 2.04. The van der Waals surface area contributed by atoms with Crippen LogP contribution in [0.2, 0.25) is 0 Å². The summed E-state index contributed by atoms with van der Waals surface area (Å²) in [6.45, 7) is 0. The van der Waals surface area contributed by atoms with Crippen molar-refractivity contribution in [1.82, 2.24) is 0 Å². The zero-order chi connectivity index (χ0) is 9.14. The predicted molar refractivity (Wildman–Crippen MR) is 42.9 cm³/mol. The number of phenols is 1. The SMILES string of the molecule is OC(O)=C(O)c1ccccc1O. The second-order valence-corrected chi connectivity index (χ2v) is 2.19. The Labute approximate surface area is 68.6 Å². The molecule has 0 fully saturated rings. The van der Waals surface area contributed by atoms with E-state index in [1.165, 1.54) is 12.1 Å². The lowest BCUT2D eigenvalue weighted by atomic mass is 10.2. The minimum absolute atomic E-state index is 0.0162. The van der Waals surface area contributed by atoms with Crippen molar-refractivity contribution < 1.29 is 20.4 Å². The maximum absolute atomic E-state index is 9.11. The molecule has 64 valence electrons. The van der Waals surface area contributed by atoms with Gasteiger partial charge in [0.15, 0.2) is 0 Å². The van der Waals surface area contributed by atoms with Crippen molar-refractivity contribution in [2.75, 3.05) is 0 Å². The molecule has 1 aromatic carbocycles. The van der Waals surface area contributed by atoms with Crippen LogP contribution >= 0.6 is 0 Å². The fraction of sp³-hybridized carbons (Fsp3) is 0. The standard InChI is InChI=1S/C8H8O4/c9-6-4-2-1-3-5(6)7(10)8(11)12/h1-4,9-12H. The van der Waals surface area contributed by atoms with Crippen LogP contribution < -0.4 is 0 Å². The summed E-state index contributed by atoms with van der Waals surface area (Å²) in [4.78, 5) is 0. The van der Waals surface area contributed by atoms with Crippen LogP contribution in [0.25, 0.3) is 5.76 Å². The molecule has 0 saturated carbocycles. The molecule has 0 amide bonds. The minimum Gasteiger partial charge on any atom is -0.507 e. The maximum Gasteiger partial charge on any atom is 0.319 e. The number of aromatic hydroxyl groups is 1. The van der Waals surface area contributed by atoms with Gasteiger partial charge in [0.25, 0.3) is 0 Å². The highest BCUT2D eigenvalue weighted by Crippen LogP contribution is 2.23. The van der Waals surface area contributed by atoms with Gasteiger partial charge in [-0.2, -0.15) is 0 Å². The Morgan fingerprint density at radius 3 is 2.08 bits per heavy atom. The van der Waals surface area contributed by atoms with Crippen LogP contribution in [0.15, 0.2) is 30.2 Å². The molecule has 4 N–H and O–H groups in total. The highest BCUT2D eigenvalue weighted by Gasteiger charge is 2.09. The molecule has 12 heavy (non-hydrogen) atoms. The summed E-state index contributed by atoms with van der Waals surface area (Å²) < 4.78 is 0. The second-order valence-electron chi connectivity index (χ2n) is 2.19. The zero-order valence-electron chi connectivity index (χ0n) is 6.10. The van der Waals surface area contributed by atoms with Crippen LogP contribution in [0.1, 0.15) is 5.56 Å². The van der Waals surface area contributed by atoms with Gasteiger partial charge >= 0.3 is 5.95 Å². The third-order valence-electron chi connectivity index (χ3n) is 1.37. The number of hydrogen-bond donors (Lipinski definition) is 4. The summed E-state index contributed by atoms with van der Waals surface area (Å²) in [7, 11) is 0. The van der Waals surface area contributed by atoms with Crippen LogP contribution in [0.3, 0.4) is 0 Å². The van der Waals surface area contributed by atoms with E-state index in [0.717, 1.165) is 0 Å². The molecule has 0 aliphatic rings. The van der Waals surface area contributed by atoms with Gasteiger partial charge in [-0.3, -0.25) is 0 Å². The van der Waals surface area contributed by atoms with E-state index in [1.54, 1.807) is 12.1 Å². The van der Waals surface area contributed by atoms with Crippen LogP contribution in [-0.2, 0) is 0 Å². The molecule has 0 aromatic heterocycles. The molecule has 0 aliphatic heterocycles. The molecular formula is C8H8O4. The first-order chi connectivity index (χ1) is 5.63. The Bertz CT molecular complexity index is 313. The molecule has 0 radical (unpaired) electrons. The van der Waals surface area contributed by atoms with Gasteiger partial charge in [0.2, 0.25) is 5.76 Å². The van der Waals surface area contributed by atoms with E-state index in [9.17, 15) is 0 Å². The third kappa shape index (κ3) is 1.42. The van der Waals surface area contributed by atoms with Crippen molar-refractivity contribution >= 4 is 5.76 Å². The molecule has 0 bridgehead atoms. The first-order valence-corrected chi connectivity index (χ1v) is 3.22. The number of hydrogen-bond acceptors (Lipinski definition) is 4. The molecule has 0 saturated heterocycles. The summed E-state index contributed by atoms with van der Waals surface area (Å²) >= 11 is 0. The summed E-state index contributed by atoms with van der Waals surface area (Å²) in [5.74, 6) is -2.17. The Kier molecular flexibility index (Phi) is 2.09. The Morgan fingerprint density at radius 2 is 1.58 bits per heavy atom. The van der Waals surface area contributed by atoms with Gasteiger partial charge in [-0.15, -0.1) is 0 Å². The number of aliphatic hydroxyl groups is 3. The number of para-hydroxylation sites is 1. The monoisotopic (exact) mass is 168 g/mol. The minimum atomic E-state index is -1.21. The van der Waals surface area contributed by atoms with Gasteiger partial charge in [-0.25, -0.2) is 0 Å². The van der Waals surface area contributed by atoms with Crippen molar-refractivity contribution in [2.45, 2.75) is 0 Å². The molecule has 0 heterocycles. The van der Waals surface area contributed by atoms with Gasteiger partial charge in [-0.1, -0.05) is 12.1 Å². The Morgan fingerprint density at radius 1 is 1.00 bits per heavy atom. The molecule has 4 heteroatoms. The topological polar surface area (TPSA) is 80.9 Å². The van der Waals surface area contributed by atoms with Crippen molar-refractivity contribution in [3.05, 3.63) is 35.8 Å². The largest absolute Gasteiger partial charge is 0.507 e. The number of benzene rings is 1. The quantitative estimate of drug-likeness (QED) is 0.481. The van der Waals surface area contributed by atoms with Crippen LogP contribution in [0.4, 0.5) is 0 Å². The van der Waals surface area contributed by atoms with E-state index in [1.807, 2.05) is 0 Å². The lowest BCUT2D eigenvalue weighted by molar-refractivity contribution is 0.181. The molecule has 1 aromatic rings. The summed E-state index contributed by atoms with van der Waals surface area (Å²) in [6, 6.07) is 5.79. The molecule has 1 rings (SSSR count). The number of rotatable bonds is 1. The fourth-order valence-electron chi connectivity index (χ4n) is 0.794. The zero-order valence-corrected chi connectivity index (χ0v) is 6.10. The van der Waals surface area contributed by atoms with E-state index < -0.39 is 11.7 Å². The second kappa shape index (κ2) is 3.04. The van der Waals surface area contributed by atoms with E-state index >= 15 is 0 Å². The predicted octanol–water partition coefficient (Wildman–Crippen LogP) is 1.69. The van der Waals surface area contributed by atoms with Crippen molar-refractivity contribution in [3.63, 3.8) is 0 Å². The first-order valence-electron chi connectivity index (χ1n) is 3.22. The molecular weight excluding hydrogens is 160 g/mol. The lowest BCUT2D eigenvalue weighted by Crippen LogP contribution is -1.89. The maximum atomic E-state index is 9.11. The van der Waals surface area contributed by atoms with E-state index in [-0.39, 0.29) is 11.3 Å². The number of aliphatic hydroxyl groups excluding tert-OH is 2. The van der Waals surface area contributed by atoms with Gasteiger partial charge in [0.05, 0.1) is 5.56 Å². The highest BCUT2D eigenvalue weighted by molar-refractivity contribution is 5.64. The van der Waals surface area contributed by atoms with E-state index in [2.05, 4.69) is 0 Å². The first kappa shape index (κ1) is 8.26. The van der Waals surface area contributed by atoms with Crippen molar-refractivity contribution in [3.8, 4) is 5.75 Å². The van der Waals surface area contributed by atoms with Crippen LogP contribution in [-0.4, -0.2) is 20.4 Å². The molecule has 0 spiro atoms. The Balaban J connectivity index is 3.21. The average molecular weight is 168 g/mol. The Hall–Kier alpha value is -1.84. The third-order valence-corrected chi connectivity index (χ3v) is 1.37. The number of phenolic OH excluding ortho intramolecular Hbond substituents is 1. The van der Waals surface area contributed by atoms with Crippen LogP contribution in [0, 0.1) is 0 Å². The van der Waals surface area contributed by atoms with Crippen molar-refractivity contribution in [2.24, 2.45) is 0 Å². The van der Waals surface area contributed by atoms with Crippen LogP contribution in [0.5, 0.6) is 5.75 Å². The fourth-order valence-corrected chi connectivity index (χ4v) is 0.794. The lowest BCUT2D eigenvalue weighted by Gasteiger charge is -2.01. The van der Waals surface area contributed by atoms with Gasteiger partial charge in [0.1, 0.15) is 5.75 Å². The summed E-state index contributed by atoms with van der Waals surface area (Å²) in [5, 5.41) is 35.1. The summed E-state index contributed by atoms with van der Waals surface area (Å²) in [6.07, 6.45) is 0. The normalized spacial score (nSPS) is 9.33. The van der Waals surface area contributed by atoms with E-state index in [4.69, 9.17) is 20.4 Å². The highest BCUT2D eigenvalue weighted by atomic mass is 16.5. The molecule has 0 atom stereocenters. The van der Waals surface area contributed by atoms with Gasteiger partial charge < -0.3 is 20.4 Å². The molecule has 0 aliphatic carbocycles.